The number of benzene rings is 1. The highest BCUT2D eigenvalue weighted by atomic mass is 79.9. The van der Waals surface area contributed by atoms with Gasteiger partial charge >= 0.3 is 0 Å². The lowest BCUT2D eigenvalue weighted by Gasteiger charge is -2.12. The number of hydrogen-bond acceptors (Lipinski definition) is 0. The standard InChI is InChI=1S/C11H15Br/c1-4-8(2)10-7-5-6-9(3)11(10)12/h5-8H,4H2,1-3H3. The molecular formula is C11H15Br. The Labute approximate surface area is 83.1 Å². The Morgan fingerprint density at radius 2 is 2.08 bits per heavy atom. The number of hydrogen-bond donors (Lipinski definition) is 0. The van der Waals surface area contributed by atoms with E-state index in [9.17, 15) is 0 Å². The number of halogens is 1. The normalized spacial score (nSPS) is 13.0. The van der Waals surface area contributed by atoms with E-state index in [1.54, 1.807) is 0 Å². The van der Waals surface area contributed by atoms with Gasteiger partial charge in [0.2, 0.25) is 0 Å². The van der Waals surface area contributed by atoms with Crippen LogP contribution in [0.25, 0.3) is 0 Å². The minimum Gasteiger partial charge on any atom is -0.0648 e. The predicted molar refractivity (Wildman–Crippen MR) is 57.6 cm³/mol. The van der Waals surface area contributed by atoms with Crippen molar-refractivity contribution in [1.82, 2.24) is 0 Å². The first-order valence-corrected chi connectivity index (χ1v) is 5.21. The molecule has 0 N–H and O–H groups in total. The van der Waals surface area contributed by atoms with Crippen LogP contribution < -0.4 is 0 Å². The van der Waals surface area contributed by atoms with Gasteiger partial charge in [0.25, 0.3) is 0 Å². The van der Waals surface area contributed by atoms with Crippen molar-refractivity contribution in [2.75, 3.05) is 0 Å². The van der Waals surface area contributed by atoms with Gasteiger partial charge in [0.05, 0.1) is 0 Å². The molecule has 0 aliphatic carbocycles. The molecule has 0 bridgehead atoms. The predicted octanol–water partition coefficient (Wildman–Crippen LogP) is 4.27. The summed E-state index contributed by atoms with van der Waals surface area (Å²) in [6, 6.07) is 6.46. The van der Waals surface area contributed by atoms with Crippen molar-refractivity contribution in [3.63, 3.8) is 0 Å². The first-order chi connectivity index (χ1) is 5.66. The summed E-state index contributed by atoms with van der Waals surface area (Å²) in [4.78, 5) is 0. The minimum atomic E-state index is 0.652. The molecule has 0 aliphatic rings. The number of aryl methyl sites for hydroxylation is 1. The van der Waals surface area contributed by atoms with Crippen LogP contribution in [0.4, 0.5) is 0 Å². The Hall–Kier alpha value is -0.300. The molecule has 1 aromatic carbocycles. The van der Waals surface area contributed by atoms with E-state index < -0.39 is 0 Å². The van der Waals surface area contributed by atoms with Crippen LogP contribution in [-0.2, 0) is 0 Å². The van der Waals surface area contributed by atoms with E-state index in [0.29, 0.717) is 5.92 Å². The highest BCUT2D eigenvalue weighted by molar-refractivity contribution is 9.10. The lowest BCUT2D eigenvalue weighted by atomic mass is 9.97. The third-order valence-corrected chi connectivity index (χ3v) is 3.45. The van der Waals surface area contributed by atoms with Crippen LogP contribution in [0.2, 0.25) is 0 Å². The highest BCUT2D eigenvalue weighted by Gasteiger charge is 2.07. The SMILES string of the molecule is CCC(C)c1cccc(C)c1Br. The largest absolute Gasteiger partial charge is 0.0648 e. The van der Waals surface area contributed by atoms with E-state index in [4.69, 9.17) is 0 Å². The van der Waals surface area contributed by atoms with Crippen LogP contribution in [0.5, 0.6) is 0 Å². The van der Waals surface area contributed by atoms with E-state index in [1.165, 1.54) is 22.0 Å². The molecule has 1 atom stereocenters. The average Bonchev–Trinajstić information content (AvgIpc) is 2.08. The van der Waals surface area contributed by atoms with Crippen molar-refractivity contribution in [3.05, 3.63) is 33.8 Å². The van der Waals surface area contributed by atoms with Crippen LogP contribution in [-0.4, -0.2) is 0 Å². The smallest absolute Gasteiger partial charge is 0.0239 e. The maximum atomic E-state index is 3.62. The quantitative estimate of drug-likeness (QED) is 0.707. The summed E-state index contributed by atoms with van der Waals surface area (Å²) >= 11 is 3.62. The summed E-state index contributed by atoms with van der Waals surface area (Å²) in [6.07, 6.45) is 1.20. The van der Waals surface area contributed by atoms with Gasteiger partial charge in [-0.1, -0.05) is 48.0 Å². The molecule has 0 saturated heterocycles. The van der Waals surface area contributed by atoms with Crippen LogP contribution in [0, 0.1) is 6.92 Å². The van der Waals surface area contributed by atoms with Crippen LogP contribution >= 0.6 is 15.9 Å². The summed E-state index contributed by atoms with van der Waals surface area (Å²) in [7, 11) is 0. The molecule has 0 nitrogen and oxygen atoms in total. The van der Waals surface area contributed by atoms with E-state index in [0.717, 1.165) is 0 Å². The zero-order chi connectivity index (χ0) is 9.14. The van der Waals surface area contributed by atoms with Crippen molar-refractivity contribution in [1.29, 1.82) is 0 Å². The fourth-order valence-electron chi connectivity index (χ4n) is 1.27. The van der Waals surface area contributed by atoms with Crippen molar-refractivity contribution >= 4 is 15.9 Å². The Morgan fingerprint density at radius 1 is 1.42 bits per heavy atom. The lowest BCUT2D eigenvalue weighted by Crippen LogP contribution is -1.93. The van der Waals surface area contributed by atoms with Gasteiger partial charge in [-0.15, -0.1) is 0 Å². The summed E-state index contributed by atoms with van der Waals surface area (Å²) in [5.74, 6) is 0.652. The first kappa shape index (κ1) is 9.79. The molecular weight excluding hydrogens is 212 g/mol. The maximum absolute atomic E-state index is 3.62. The van der Waals surface area contributed by atoms with Crippen molar-refractivity contribution in [3.8, 4) is 0 Å². The van der Waals surface area contributed by atoms with Gasteiger partial charge in [0.1, 0.15) is 0 Å². The molecule has 0 fully saturated rings. The van der Waals surface area contributed by atoms with Gasteiger partial charge in [0.15, 0.2) is 0 Å². The summed E-state index contributed by atoms with van der Waals surface area (Å²) in [6.45, 7) is 6.62. The molecule has 66 valence electrons. The zero-order valence-electron chi connectivity index (χ0n) is 7.89. The lowest BCUT2D eigenvalue weighted by molar-refractivity contribution is 0.729. The fraction of sp³-hybridized carbons (Fsp3) is 0.455. The van der Waals surface area contributed by atoms with Gasteiger partial charge < -0.3 is 0 Å². The first-order valence-electron chi connectivity index (χ1n) is 4.41. The zero-order valence-corrected chi connectivity index (χ0v) is 9.48. The fourth-order valence-corrected chi connectivity index (χ4v) is 1.93. The van der Waals surface area contributed by atoms with E-state index in [1.807, 2.05) is 0 Å². The molecule has 0 aromatic heterocycles. The summed E-state index contributed by atoms with van der Waals surface area (Å²) in [5.41, 5.74) is 2.75. The van der Waals surface area contributed by atoms with Crippen LogP contribution in [0.1, 0.15) is 37.3 Å². The molecule has 0 amide bonds. The van der Waals surface area contributed by atoms with Crippen molar-refractivity contribution in [2.45, 2.75) is 33.1 Å². The molecule has 0 aliphatic heterocycles. The minimum absolute atomic E-state index is 0.652. The second-order valence-corrected chi connectivity index (χ2v) is 4.08. The highest BCUT2D eigenvalue weighted by Crippen LogP contribution is 2.29. The topological polar surface area (TPSA) is 0 Å². The molecule has 1 heteroatoms. The van der Waals surface area contributed by atoms with Gasteiger partial charge in [-0.2, -0.15) is 0 Å². The Bertz CT molecular complexity index is 266. The van der Waals surface area contributed by atoms with Crippen molar-refractivity contribution in [2.24, 2.45) is 0 Å². The molecule has 1 aromatic rings. The number of rotatable bonds is 2. The molecule has 0 heterocycles. The van der Waals surface area contributed by atoms with Gasteiger partial charge in [-0.25, -0.2) is 0 Å². The molecule has 1 rings (SSSR count). The van der Waals surface area contributed by atoms with Gasteiger partial charge in [0, 0.05) is 4.47 Å². The summed E-state index contributed by atoms with van der Waals surface area (Å²) in [5, 5.41) is 0. The summed E-state index contributed by atoms with van der Waals surface area (Å²) < 4.78 is 1.28. The van der Waals surface area contributed by atoms with Gasteiger partial charge in [-0.05, 0) is 30.4 Å². The monoisotopic (exact) mass is 226 g/mol. The van der Waals surface area contributed by atoms with E-state index in [-0.39, 0.29) is 0 Å². The van der Waals surface area contributed by atoms with Gasteiger partial charge in [-0.3, -0.25) is 0 Å². The third kappa shape index (κ3) is 1.89. The Morgan fingerprint density at radius 3 is 2.67 bits per heavy atom. The van der Waals surface area contributed by atoms with Crippen LogP contribution in [0.15, 0.2) is 22.7 Å². The maximum Gasteiger partial charge on any atom is 0.0239 e. The van der Waals surface area contributed by atoms with E-state index >= 15 is 0 Å². The molecule has 0 spiro atoms. The second kappa shape index (κ2) is 4.08. The molecule has 0 radical (unpaired) electrons. The molecule has 1 unspecified atom stereocenters. The Kier molecular flexibility index (Phi) is 3.33. The average molecular weight is 227 g/mol. The van der Waals surface area contributed by atoms with Crippen LogP contribution in [0.3, 0.4) is 0 Å². The Balaban J connectivity index is 3.07. The molecule has 12 heavy (non-hydrogen) atoms. The van der Waals surface area contributed by atoms with Crippen molar-refractivity contribution < 1.29 is 0 Å². The molecule has 0 saturated carbocycles. The van der Waals surface area contributed by atoms with E-state index in [2.05, 4.69) is 54.9 Å². The second-order valence-electron chi connectivity index (χ2n) is 3.29. The third-order valence-electron chi connectivity index (χ3n) is 2.36.